The van der Waals surface area contributed by atoms with Gasteiger partial charge < -0.3 is 20.1 Å². The predicted molar refractivity (Wildman–Crippen MR) is 85.2 cm³/mol. The quantitative estimate of drug-likeness (QED) is 0.569. The van der Waals surface area contributed by atoms with Crippen molar-refractivity contribution in [3.8, 4) is 5.75 Å². The van der Waals surface area contributed by atoms with Gasteiger partial charge in [0, 0.05) is 12.6 Å². The van der Waals surface area contributed by atoms with Gasteiger partial charge in [0.2, 0.25) is 0 Å². The molecule has 0 radical (unpaired) electrons. The number of carbonyl (C=O) groups excluding carboxylic acids is 2. The average Bonchev–Trinajstić information content (AvgIpc) is 2.54. The van der Waals surface area contributed by atoms with Crippen molar-refractivity contribution in [2.75, 3.05) is 26.1 Å². The maximum absolute atomic E-state index is 12.1. The second-order valence-corrected chi connectivity index (χ2v) is 4.57. The minimum Gasteiger partial charge on any atom is -0.495 e. The van der Waals surface area contributed by atoms with Crippen molar-refractivity contribution in [3.05, 3.63) is 36.4 Å². The second kappa shape index (κ2) is 8.84. The summed E-state index contributed by atoms with van der Waals surface area (Å²) in [6, 6.07) is 4.81. The Morgan fingerprint density at radius 1 is 1.41 bits per heavy atom. The highest BCUT2D eigenvalue weighted by molar-refractivity contribution is 5.99. The zero-order chi connectivity index (χ0) is 16.5. The van der Waals surface area contributed by atoms with E-state index in [1.54, 1.807) is 38.2 Å². The van der Waals surface area contributed by atoms with Gasteiger partial charge >= 0.3 is 0 Å². The molecule has 0 saturated heterocycles. The van der Waals surface area contributed by atoms with Crippen LogP contribution in [0.3, 0.4) is 0 Å². The normalized spacial score (nSPS) is 11.4. The lowest BCUT2D eigenvalue weighted by Gasteiger charge is -2.15. The summed E-state index contributed by atoms with van der Waals surface area (Å²) in [4.78, 5) is 23.8. The first-order valence-corrected chi connectivity index (χ1v) is 6.97. The molecule has 0 aromatic heterocycles. The van der Waals surface area contributed by atoms with Crippen LogP contribution in [0.2, 0.25) is 0 Å². The average molecular weight is 306 g/mol. The highest BCUT2D eigenvalue weighted by atomic mass is 16.5. The smallest absolute Gasteiger partial charge is 0.253 e. The number of amides is 2. The van der Waals surface area contributed by atoms with Crippen LogP contribution >= 0.6 is 0 Å². The van der Waals surface area contributed by atoms with E-state index < -0.39 is 6.10 Å². The van der Waals surface area contributed by atoms with Crippen molar-refractivity contribution in [1.29, 1.82) is 0 Å². The minimum absolute atomic E-state index is 0.242. The van der Waals surface area contributed by atoms with Gasteiger partial charge in [-0.3, -0.25) is 9.59 Å². The van der Waals surface area contributed by atoms with Crippen LogP contribution in [-0.4, -0.2) is 38.7 Å². The number of nitrogens with one attached hydrogen (secondary N) is 2. The number of anilines is 1. The molecule has 22 heavy (non-hydrogen) atoms. The summed E-state index contributed by atoms with van der Waals surface area (Å²) >= 11 is 0. The topological polar surface area (TPSA) is 76.7 Å². The van der Waals surface area contributed by atoms with Gasteiger partial charge in [-0.15, -0.1) is 6.58 Å². The van der Waals surface area contributed by atoms with Crippen molar-refractivity contribution in [1.82, 2.24) is 5.32 Å². The summed E-state index contributed by atoms with van der Waals surface area (Å²) in [7, 11) is 3.04. The summed E-state index contributed by atoms with van der Waals surface area (Å²) in [5, 5.41) is 5.24. The van der Waals surface area contributed by atoms with Crippen LogP contribution in [-0.2, 0) is 9.53 Å². The maximum atomic E-state index is 12.1. The maximum Gasteiger partial charge on any atom is 0.253 e. The zero-order valence-corrected chi connectivity index (χ0v) is 13.1. The van der Waals surface area contributed by atoms with Gasteiger partial charge in [-0.2, -0.15) is 0 Å². The van der Waals surface area contributed by atoms with Crippen molar-refractivity contribution in [2.24, 2.45) is 0 Å². The second-order valence-electron chi connectivity index (χ2n) is 4.57. The molecule has 1 aromatic rings. The third kappa shape index (κ3) is 4.89. The summed E-state index contributed by atoms with van der Waals surface area (Å²) in [6.45, 7) is 5.68. The molecule has 1 aromatic carbocycles. The monoisotopic (exact) mass is 306 g/mol. The Balaban J connectivity index is 2.83. The van der Waals surface area contributed by atoms with Gasteiger partial charge in [0.1, 0.15) is 11.9 Å². The highest BCUT2D eigenvalue weighted by Gasteiger charge is 2.16. The first kappa shape index (κ1) is 17.7. The molecule has 0 heterocycles. The molecule has 0 aliphatic rings. The Morgan fingerprint density at radius 3 is 2.73 bits per heavy atom. The molecule has 1 rings (SSSR count). The van der Waals surface area contributed by atoms with Crippen LogP contribution in [0.5, 0.6) is 5.75 Å². The van der Waals surface area contributed by atoms with Crippen LogP contribution in [0.4, 0.5) is 5.69 Å². The minimum atomic E-state index is -0.617. The van der Waals surface area contributed by atoms with E-state index >= 15 is 0 Å². The van der Waals surface area contributed by atoms with Gasteiger partial charge in [0.05, 0.1) is 19.4 Å². The van der Waals surface area contributed by atoms with E-state index in [1.807, 2.05) is 0 Å². The molecule has 2 amide bonds. The number of hydrogen-bond donors (Lipinski definition) is 2. The van der Waals surface area contributed by atoms with Crippen molar-refractivity contribution >= 4 is 17.5 Å². The van der Waals surface area contributed by atoms with Gasteiger partial charge in [0.25, 0.3) is 11.8 Å². The standard InChI is InChI=1S/C16H22N2O4/c1-5-6-9-22-11(2)15(19)18-13-10-12(16(20)17-3)7-8-14(13)21-4/h5,7-8,10-11H,1,6,9H2,2-4H3,(H,17,20)(H,18,19). The Hall–Kier alpha value is -2.34. The third-order valence-electron chi connectivity index (χ3n) is 3.01. The lowest BCUT2D eigenvalue weighted by atomic mass is 10.1. The molecule has 1 unspecified atom stereocenters. The zero-order valence-electron chi connectivity index (χ0n) is 13.1. The van der Waals surface area contributed by atoms with E-state index in [2.05, 4.69) is 17.2 Å². The molecule has 1 atom stereocenters. The van der Waals surface area contributed by atoms with Gasteiger partial charge in [-0.1, -0.05) is 6.08 Å². The summed E-state index contributed by atoms with van der Waals surface area (Å²) in [5.74, 6) is -0.0795. The molecule has 6 nitrogen and oxygen atoms in total. The van der Waals surface area contributed by atoms with Crippen molar-refractivity contribution in [3.63, 3.8) is 0 Å². The SMILES string of the molecule is C=CCCOC(C)C(=O)Nc1cc(C(=O)NC)ccc1OC. The number of carbonyl (C=O) groups is 2. The van der Waals surface area contributed by atoms with E-state index in [0.717, 1.165) is 0 Å². The van der Waals surface area contributed by atoms with Crippen molar-refractivity contribution < 1.29 is 19.1 Å². The Bertz CT molecular complexity index is 543. The molecule has 0 spiro atoms. The third-order valence-corrected chi connectivity index (χ3v) is 3.01. The van der Waals surface area contributed by atoms with Gasteiger partial charge in [0.15, 0.2) is 0 Å². The number of rotatable bonds is 8. The lowest BCUT2D eigenvalue weighted by Crippen LogP contribution is -2.28. The van der Waals surface area contributed by atoms with Gasteiger partial charge in [-0.25, -0.2) is 0 Å². The van der Waals surface area contributed by atoms with E-state index in [-0.39, 0.29) is 11.8 Å². The van der Waals surface area contributed by atoms with Crippen LogP contribution in [0, 0.1) is 0 Å². The number of hydrogen-bond acceptors (Lipinski definition) is 4. The Labute approximate surface area is 130 Å². The van der Waals surface area contributed by atoms with Gasteiger partial charge in [-0.05, 0) is 31.5 Å². The Kier molecular flexibility index (Phi) is 7.12. The molecule has 0 bridgehead atoms. The summed E-state index contributed by atoms with van der Waals surface area (Å²) in [5.41, 5.74) is 0.853. The predicted octanol–water partition coefficient (Wildman–Crippen LogP) is 1.97. The van der Waals surface area contributed by atoms with E-state index in [4.69, 9.17) is 9.47 Å². The molecule has 0 saturated carbocycles. The molecular formula is C16H22N2O4. The van der Waals surface area contributed by atoms with Crippen LogP contribution in [0.15, 0.2) is 30.9 Å². The fourth-order valence-electron chi connectivity index (χ4n) is 1.73. The molecule has 0 fully saturated rings. The summed E-state index contributed by atoms with van der Waals surface area (Å²) in [6.07, 6.45) is 1.78. The summed E-state index contributed by atoms with van der Waals surface area (Å²) < 4.78 is 10.6. The first-order chi connectivity index (χ1) is 10.5. The fraction of sp³-hybridized carbons (Fsp3) is 0.375. The van der Waals surface area contributed by atoms with Crippen LogP contribution < -0.4 is 15.4 Å². The number of benzene rings is 1. The van der Waals surface area contributed by atoms with Crippen molar-refractivity contribution in [2.45, 2.75) is 19.4 Å². The fourth-order valence-corrected chi connectivity index (χ4v) is 1.73. The van der Waals surface area contributed by atoms with Crippen LogP contribution in [0.25, 0.3) is 0 Å². The molecule has 2 N–H and O–H groups in total. The molecule has 0 aliphatic carbocycles. The molecular weight excluding hydrogens is 284 g/mol. The van der Waals surface area contributed by atoms with E-state index in [1.165, 1.54) is 7.11 Å². The molecule has 120 valence electrons. The lowest BCUT2D eigenvalue weighted by molar-refractivity contribution is -0.126. The highest BCUT2D eigenvalue weighted by Crippen LogP contribution is 2.25. The van der Waals surface area contributed by atoms with E-state index in [9.17, 15) is 9.59 Å². The van der Waals surface area contributed by atoms with E-state index in [0.29, 0.717) is 30.0 Å². The molecule has 0 aliphatic heterocycles. The van der Waals surface area contributed by atoms with Crippen LogP contribution in [0.1, 0.15) is 23.7 Å². The Morgan fingerprint density at radius 2 is 2.14 bits per heavy atom. The number of methoxy groups -OCH3 is 1. The number of ether oxygens (including phenoxy) is 2. The first-order valence-electron chi connectivity index (χ1n) is 6.97. The molecule has 6 heteroatoms. The largest absolute Gasteiger partial charge is 0.495 e.